The molecule has 2 aliphatic rings. The number of fused-ring (bicyclic) bond motifs is 1. The molecular weight excluding hydrogens is 316 g/mol. The zero-order chi connectivity index (χ0) is 17.2. The summed E-state index contributed by atoms with van der Waals surface area (Å²) in [5.74, 6) is 0.811. The summed E-state index contributed by atoms with van der Waals surface area (Å²) in [7, 11) is 0. The Hall–Kier alpha value is -2.21. The number of carbonyl (C=O) groups is 1. The van der Waals surface area contributed by atoms with Crippen molar-refractivity contribution in [2.75, 3.05) is 13.2 Å². The lowest BCUT2D eigenvalue weighted by molar-refractivity contribution is 0.0740. The van der Waals surface area contributed by atoms with E-state index in [1.807, 2.05) is 40.8 Å². The van der Waals surface area contributed by atoms with Crippen LogP contribution in [0.4, 0.5) is 0 Å². The summed E-state index contributed by atoms with van der Waals surface area (Å²) in [5, 5.41) is 8.55. The molecule has 0 N–H and O–H groups in total. The Kier molecular flexibility index (Phi) is 4.53. The summed E-state index contributed by atoms with van der Waals surface area (Å²) >= 11 is 0. The van der Waals surface area contributed by atoms with Crippen molar-refractivity contribution in [3.8, 4) is 0 Å². The molecule has 25 heavy (non-hydrogen) atoms. The highest BCUT2D eigenvalue weighted by atomic mass is 16.5. The fourth-order valence-electron chi connectivity index (χ4n) is 3.27. The third-order valence-corrected chi connectivity index (χ3v) is 5.01. The van der Waals surface area contributed by atoms with Gasteiger partial charge in [-0.2, -0.15) is 0 Å². The Balaban J connectivity index is 1.50. The molecule has 0 bridgehead atoms. The molecule has 0 saturated heterocycles. The van der Waals surface area contributed by atoms with E-state index in [1.54, 1.807) is 0 Å². The van der Waals surface area contributed by atoms with Gasteiger partial charge in [-0.15, -0.1) is 5.10 Å². The number of hydrogen-bond acceptors (Lipinski definition) is 4. The van der Waals surface area contributed by atoms with E-state index in [1.165, 1.54) is 12.8 Å². The van der Waals surface area contributed by atoms with Gasteiger partial charge in [0, 0.05) is 25.3 Å². The monoisotopic (exact) mass is 340 g/mol. The molecule has 1 aliphatic heterocycles. The zero-order valence-corrected chi connectivity index (χ0v) is 14.6. The first-order chi connectivity index (χ1) is 12.2. The maximum Gasteiger partial charge on any atom is 0.254 e. The molecule has 4 rings (SSSR count). The summed E-state index contributed by atoms with van der Waals surface area (Å²) < 4.78 is 7.72. The van der Waals surface area contributed by atoms with Crippen molar-refractivity contribution in [3.05, 3.63) is 46.8 Å². The number of rotatable bonds is 5. The molecule has 6 heteroatoms. The molecule has 2 aromatic rings. The van der Waals surface area contributed by atoms with Crippen LogP contribution >= 0.6 is 0 Å². The SMILES string of the molecule is Cc1ccccc1C(=O)N1CCCn2nnc(COCC3CC3)c2C1. The standard InChI is InChI=1S/C19H24N4O2/c1-14-5-2-3-6-16(14)19(24)22-9-4-10-23-18(11-22)17(20-21-23)13-25-12-15-7-8-15/h2-3,5-6,15H,4,7-13H2,1H3. The highest BCUT2D eigenvalue weighted by Gasteiger charge is 2.26. The Morgan fingerprint density at radius 2 is 2.12 bits per heavy atom. The first-order valence-electron chi connectivity index (χ1n) is 9.06. The van der Waals surface area contributed by atoms with Gasteiger partial charge in [-0.25, -0.2) is 4.68 Å². The number of aryl methyl sites for hydroxylation is 2. The van der Waals surface area contributed by atoms with Crippen LogP contribution in [-0.2, 0) is 24.4 Å². The minimum Gasteiger partial charge on any atom is -0.375 e. The van der Waals surface area contributed by atoms with Gasteiger partial charge in [-0.3, -0.25) is 4.79 Å². The van der Waals surface area contributed by atoms with E-state index >= 15 is 0 Å². The van der Waals surface area contributed by atoms with Crippen molar-refractivity contribution in [2.45, 2.75) is 45.9 Å². The van der Waals surface area contributed by atoms with Gasteiger partial charge in [0.15, 0.2) is 0 Å². The van der Waals surface area contributed by atoms with Crippen molar-refractivity contribution in [1.82, 2.24) is 19.9 Å². The highest BCUT2D eigenvalue weighted by Crippen LogP contribution is 2.29. The van der Waals surface area contributed by atoms with Crippen LogP contribution in [0.25, 0.3) is 0 Å². The Bertz CT molecular complexity index is 767. The van der Waals surface area contributed by atoms with Crippen LogP contribution in [0.5, 0.6) is 0 Å². The molecule has 1 saturated carbocycles. The molecule has 0 unspecified atom stereocenters. The van der Waals surface area contributed by atoms with Crippen LogP contribution in [0.15, 0.2) is 24.3 Å². The molecule has 2 heterocycles. The topological polar surface area (TPSA) is 60.2 Å². The smallest absolute Gasteiger partial charge is 0.254 e. The molecule has 0 atom stereocenters. The third kappa shape index (κ3) is 3.58. The van der Waals surface area contributed by atoms with Gasteiger partial charge in [-0.05, 0) is 43.7 Å². The average Bonchev–Trinajstić information content (AvgIpc) is 3.40. The number of aromatic nitrogens is 3. The second-order valence-electron chi connectivity index (χ2n) is 7.06. The maximum absolute atomic E-state index is 13.0. The van der Waals surface area contributed by atoms with Crippen molar-refractivity contribution < 1.29 is 9.53 Å². The molecule has 1 aromatic carbocycles. The molecule has 6 nitrogen and oxygen atoms in total. The van der Waals surface area contributed by atoms with Gasteiger partial charge in [0.1, 0.15) is 5.69 Å². The number of carbonyl (C=O) groups excluding carboxylic acids is 1. The lowest BCUT2D eigenvalue weighted by atomic mass is 10.1. The second kappa shape index (κ2) is 6.96. The maximum atomic E-state index is 13.0. The fourth-order valence-corrected chi connectivity index (χ4v) is 3.27. The largest absolute Gasteiger partial charge is 0.375 e. The van der Waals surface area contributed by atoms with E-state index < -0.39 is 0 Å². The van der Waals surface area contributed by atoms with Crippen LogP contribution in [-0.4, -0.2) is 39.0 Å². The summed E-state index contributed by atoms with van der Waals surface area (Å²) in [4.78, 5) is 14.9. The predicted octanol–water partition coefficient (Wildman–Crippen LogP) is 2.56. The van der Waals surface area contributed by atoms with Crippen LogP contribution < -0.4 is 0 Å². The van der Waals surface area contributed by atoms with Crippen molar-refractivity contribution in [3.63, 3.8) is 0 Å². The van der Waals surface area contributed by atoms with E-state index in [0.29, 0.717) is 13.2 Å². The van der Waals surface area contributed by atoms with Crippen LogP contribution in [0.2, 0.25) is 0 Å². The van der Waals surface area contributed by atoms with E-state index in [4.69, 9.17) is 4.74 Å². The quantitative estimate of drug-likeness (QED) is 0.839. The Labute approximate surface area is 147 Å². The Morgan fingerprint density at radius 3 is 2.92 bits per heavy atom. The summed E-state index contributed by atoms with van der Waals surface area (Å²) in [5.41, 5.74) is 3.66. The normalized spacial score (nSPS) is 17.2. The van der Waals surface area contributed by atoms with Crippen molar-refractivity contribution in [2.24, 2.45) is 5.92 Å². The first kappa shape index (κ1) is 16.3. The summed E-state index contributed by atoms with van der Waals surface area (Å²) in [6, 6.07) is 7.76. The van der Waals surface area contributed by atoms with Gasteiger partial charge in [0.05, 0.1) is 18.8 Å². The van der Waals surface area contributed by atoms with Crippen LogP contribution in [0.3, 0.4) is 0 Å². The lowest BCUT2D eigenvalue weighted by Gasteiger charge is -2.21. The fraction of sp³-hybridized carbons (Fsp3) is 0.526. The van der Waals surface area contributed by atoms with E-state index in [0.717, 1.165) is 54.5 Å². The molecule has 1 amide bonds. The molecule has 0 radical (unpaired) electrons. The number of ether oxygens (including phenoxy) is 1. The molecule has 1 fully saturated rings. The van der Waals surface area contributed by atoms with Crippen LogP contribution in [0.1, 0.15) is 46.6 Å². The average molecular weight is 340 g/mol. The van der Waals surface area contributed by atoms with Crippen molar-refractivity contribution >= 4 is 5.91 Å². The first-order valence-corrected chi connectivity index (χ1v) is 9.06. The van der Waals surface area contributed by atoms with Gasteiger partial charge in [0.25, 0.3) is 5.91 Å². The highest BCUT2D eigenvalue weighted by molar-refractivity contribution is 5.95. The number of hydrogen-bond donors (Lipinski definition) is 0. The number of nitrogens with zero attached hydrogens (tertiary/aromatic N) is 4. The van der Waals surface area contributed by atoms with Gasteiger partial charge in [0.2, 0.25) is 0 Å². The van der Waals surface area contributed by atoms with Gasteiger partial charge in [-0.1, -0.05) is 23.4 Å². The van der Waals surface area contributed by atoms with Gasteiger partial charge < -0.3 is 9.64 Å². The molecule has 132 valence electrons. The summed E-state index contributed by atoms with van der Waals surface area (Å²) in [6.45, 7) is 5.34. The zero-order valence-electron chi connectivity index (χ0n) is 14.6. The van der Waals surface area contributed by atoms with Crippen molar-refractivity contribution in [1.29, 1.82) is 0 Å². The third-order valence-electron chi connectivity index (χ3n) is 5.01. The molecule has 1 aromatic heterocycles. The number of benzene rings is 1. The molecular formula is C19H24N4O2. The van der Waals surface area contributed by atoms with Gasteiger partial charge >= 0.3 is 0 Å². The minimum atomic E-state index is 0.0811. The van der Waals surface area contributed by atoms with Crippen LogP contribution in [0, 0.1) is 12.8 Å². The Morgan fingerprint density at radius 1 is 1.28 bits per heavy atom. The lowest BCUT2D eigenvalue weighted by Crippen LogP contribution is -2.31. The number of amides is 1. The molecule has 1 aliphatic carbocycles. The van der Waals surface area contributed by atoms with E-state index in [9.17, 15) is 4.79 Å². The minimum absolute atomic E-state index is 0.0811. The van der Waals surface area contributed by atoms with E-state index in [2.05, 4.69) is 10.3 Å². The second-order valence-corrected chi connectivity index (χ2v) is 7.06. The van der Waals surface area contributed by atoms with E-state index in [-0.39, 0.29) is 5.91 Å². The predicted molar refractivity (Wildman–Crippen MR) is 92.9 cm³/mol. The molecule has 0 spiro atoms. The summed E-state index contributed by atoms with van der Waals surface area (Å²) in [6.07, 6.45) is 3.44.